The van der Waals surface area contributed by atoms with Gasteiger partial charge in [0.25, 0.3) is 5.70 Å². The quantitative estimate of drug-likeness (QED) is 0.423. The van der Waals surface area contributed by atoms with Crippen LogP contribution in [-0.2, 0) is 0 Å². The summed E-state index contributed by atoms with van der Waals surface area (Å²) in [7, 11) is 0. The molecule has 0 unspecified atom stereocenters. The molecule has 68 valence electrons. The summed E-state index contributed by atoms with van der Waals surface area (Å²) < 4.78 is 7.22. The van der Waals surface area contributed by atoms with Gasteiger partial charge in [-0.2, -0.15) is 0 Å². The topological polar surface area (TPSA) is 67.9 Å². The van der Waals surface area contributed by atoms with Crippen molar-refractivity contribution in [2.45, 2.75) is 0 Å². The second kappa shape index (κ2) is 4.43. The summed E-state index contributed by atoms with van der Waals surface area (Å²) in [6.07, 6.45) is 4.45. The molecule has 0 atom stereocenters. The van der Waals surface area contributed by atoms with Crippen LogP contribution in [-0.4, -0.2) is 16.3 Å². The van der Waals surface area contributed by atoms with E-state index in [0.29, 0.717) is 5.71 Å². The van der Waals surface area contributed by atoms with Gasteiger partial charge >= 0.3 is 0 Å². The molecule has 0 amide bonds. The van der Waals surface area contributed by atoms with E-state index in [9.17, 15) is 10.1 Å². The number of halogens is 2. The first-order valence-corrected chi connectivity index (χ1v) is 4.53. The van der Waals surface area contributed by atoms with Crippen molar-refractivity contribution in [1.82, 2.24) is 0 Å². The molecule has 1 rings (SSSR count). The van der Waals surface area contributed by atoms with E-state index >= 15 is 0 Å². The molecule has 0 aromatic heterocycles. The second-order valence-electron chi connectivity index (χ2n) is 2.10. The van der Waals surface area contributed by atoms with Crippen molar-refractivity contribution in [2.75, 3.05) is 0 Å². The summed E-state index contributed by atoms with van der Waals surface area (Å²) in [6.45, 7) is 0. The molecule has 0 N–H and O–H groups in total. The lowest BCUT2D eigenvalue weighted by Gasteiger charge is -2.01. The van der Waals surface area contributed by atoms with Crippen LogP contribution in [0.4, 0.5) is 0 Å². The number of nitro groups is 1. The van der Waals surface area contributed by atoms with E-state index in [1.54, 1.807) is 6.08 Å². The van der Waals surface area contributed by atoms with E-state index in [1.165, 1.54) is 12.2 Å². The molecule has 0 aromatic carbocycles. The highest BCUT2D eigenvalue weighted by Gasteiger charge is 2.20. The molecule has 0 bridgehead atoms. The van der Waals surface area contributed by atoms with Crippen LogP contribution >= 0.6 is 32.3 Å². The summed E-state index contributed by atoms with van der Waals surface area (Å²) in [6, 6.07) is 0. The molecule has 0 saturated carbocycles. The van der Waals surface area contributed by atoms with Gasteiger partial charge in [-0.15, -0.1) is 0 Å². The van der Waals surface area contributed by atoms with Crippen molar-refractivity contribution in [3.05, 3.63) is 34.0 Å². The minimum Gasteiger partial charge on any atom is -0.258 e. The molecule has 5 nitrogen and oxygen atoms in total. The number of nitrogens with zero attached hydrogens (tertiary/aromatic N) is 3. The van der Waals surface area contributed by atoms with E-state index in [2.05, 4.69) is 40.3 Å². The Labute approximate surface area is 90.8 Å². The Morgan fingerprint density at radius 1 is 1.31 bits per heavy atom. The van der Waals surface area contributed by atoms with Crippen LogP contribution in [0.15, 0.2) is 32.0 Å². The molecule has 0 aromatic rings. The van der Waals surface area contributed by atoms with Crippen molar-refractivity contribution in [2.24, 2.45) is 8.04 Å². The molecular formula is C6H3Br2N3O2. The Balaban J connectivity index is 3.13. The molecule has 1 aliphatic carbocycles. The molecule has 1 aliphatic rings. The molecule has 0 spiro atoms. The lowest BCUT2D eigenvalue weighted by atomic mass is 10.1. The predicted octanol–water partition coefficient (Wildman–Crippen LogP) is 2.22. The first-order chi connectivity index (χ1) is 6.19. The van der Waals surface area contributed by atoms with E-state index in [4.69, 9.17) is 0 Å². The Kier molecular flexibility index (Phi) is 3.49. The molecule has 13 heavy (non-hydrogen) atoms. The lowest BCUT2D eigenvalue weighted by molar-refractivity contribution is -0.414. The fourth-order valence-electron chi connectivity index (χ4n) is 0.782. The minimum atomic E-state index is -0.512. The van der Waals surface area contributed by atoms with Gasteiger partial charge in [0.1, 0.15) is 5.71 Å². The average molecular weight is 309 g/mol. The monoisotopic (exact) mass is 307 g/mol. The van der Waals surface area contributed by atoms with Crippen LogP contribution in [0, 0.1) is 10.1 Å². The minimum absolute atomic E-state index is 0.0856. The fourth-order valence-corrected chi connectivity index (χ4v) is 1.30. The average Bonchev–Trinajstić information content (AvgIpc) is 2.16. The summed E-state index contributed by atoms with van der Waals surface area (Å²) in [5.41, 5.74) is 0.661. The van der Waals surface area contributed by atoms with Gasteiger partial charge in [-0.25, -0.2) is 8.04 Å². The Hall–Kier alpha value is -0.820. The van der Waals surface area contributed by atoms with Crippen LogP contribution in [0.25, 0.3) is 0 Å². The zero-order chi connectivity index (χ0) is 9.84. The third-order valence-electron chi connectivity index (χ3n) is 1.34. The third kappa shape index (κ3) is 2.31. The number of hydrogen-bond acceptors (Lipinski definition) is 4. The Morgan fingerprint density at radius 2 is 2.00 bits per heavy atom. The standard InChI is InChI=1S/C6H3Br2N3O2/c7-9-4-1-2-5(10-8)6(3-4)11(12)13/h1-3H/b9-4+,10-5+. The summed E-state index contributed by atoms with van der Waals surface area (Å²) in [4.78, 5) is 10.0. The predicted molar refractivity (Wildman–Crippen MR) is 56.9 cm³/mol. The summed E-state index contributed by atoms with van der Waals surface area (Å²) in [5.74, 6) is 0. The van der Waals surface area contributed by atoms with Crippen molar-refractivity contribution >= 4 is 43.7 Å². The van der Waals surface area contributed by atoms with Crippen molar-refractivity contribution in [1.29, 1.82) is 0 Å². The first kappa shape index (κ1) is 10.3. The summed E-state index contributed by atoms with van der Waals surface area (Å²) in [5, 5.41) is 10.5. The smallest absolute Gasteiger partial charge is 0.258 e. The second-order valence-corrected chi connectivity index (χ2v) is 2.81. The zero-order valence-electron chi connectivity index (χ0n) is 6.15. The first-order valence-electron chi connectivity index (χ1n) is 3.11. The van der Waals surface area contributed by atoms with E-state index in [-0.39, 0.29) is 11.4 Å². The third-order valence-corrected chi connectivity index (χ3v) is 2.14. The molecule has 0 radical (unpaired) electrons. The molecule has 0 fully saturated rings. The van der Waals surface area contributed by atoms with Crippen molar-refractivity contribution < 1.29 is 4.92 Å². The van der Waals surface area contributed by atoms with Gasteiger partial charge in [-0.05, 0) is 12.2 Å². The van der Waals surface area contributed by atoms with Crippen molar-refractivity contribution in [3.63, 3.8) is 0 Å². The number of hydrogen-bond donors (Lipinski definition) is 0. The maximum absolute atomic E-state index is 10.5. The lowest BCUT2D eigenvalue weighted by Crippen LogP contribution is -2.14. The van der Waals surface area contributed by atoms with Gasteiger partial charge in [0.05, 0.1) is 42.9 Å². The molecule has 0 aliphatic heterocycles. The highest BCUT2D eigenvalue weighted by molar-refractivity contribution is 9.08. The largest absolute Gasteiger partial charge is 0.297 e. The normalized spacial score (nSPS) is 22.2. The van der Waals surface area contributed by atoms with E-state index in [0.717, 1.165) is 0 Å². The molecular weight excluding hydrogens is 306 g/mol. The highest BCUT2D eigenvalue weighted by atomic mass is 79.9. The van der Waals surface area contributed by atoms with E-state index in [1.807, 2.05) is 0 Å². The maximum atomic E-state index is 10.5. The molecule has 0 saturated heterocycles. The van der Waals surface area contributed by atoms with Crippen molar-refractivity contribution in [3.8, 4) is 0 Å². The molecule has 7 heteroatoms. The van der Waals surface area contributed by atoms with Gasteiger partial charge in [-0.1, -0.05) is 0 Å². The zero-order valence-corrected chi connectivity index (χ0v) is 9.32. The maximum Gasteiger partial charge on any atom is 0.297 e. The Morgan fingerprint density at radius 3 is 2.46 bits per heavy atom. The van der Waals surface area contributed by atoms with Crippen LogP contribution in [0.5, 0.6) is 0 Å². The SMILES string of the molecule is O=[N+]([O-])C1=CC(=N/Br)/C=CC/1=N\Br. The van der Waals surface area contributed by atoms with Gasteiger partial charge in [-0.3, -0.25) is 10.1 Å². The van der Waals surface area contributed by atoms with Crippen LogP contribution < -0.4 is 0 Å². The highest BCUT2D eigenvalue weighted by Crippen LogP contribution is 2.11. The van der Waals surface area contributed by atoms with Crippen LogP contribution in [0.3, 0.4) is 0 Å². The fraction of sp³-hybridized carbons (Fsp3) is 0. The summed E-state index contributed by atoms with van der Waals surface area (Å²) >= 11 is 5.65. The van der Waals surface area contributed by atoms with Gasteiger partial charge in [0, 0.05) is 6.08 Å². The van der Waals surface area contributed by atoms with Gasteiger partial charge < -0.3 is 0 Å². The van der Waals surface area contributed by atoms with Crippen LogP contribution in [0.1, 0.15) is 0 Å². The van der Waals surface area contributed by atoms with Gasteiger partial charge in [0.2, 0.25) is 0 Å². The number of allylic oxidation sites excluding steroid dienone is 3. The number of rotatable bonds is 1. The van der Waals surface area contributed by atoms with E-state index < -0.39 is 4.92 Å². The van der Waals surface area contributed by atoms with Crippen LogP contribution in [0.2, 0.25) is 0 Å². The molecule has 0 heterocycles. The Bertz CT molecular complexity index is 357. The van der Waals surface area contributed by atoms with Gasteiger partial charge in [0.15, 0.2) is 0 Å².